The molecule has 2 amide bonds. The summed E-state index contributed by atoms with van der Waals surface area (Å²) in [6.07, 6.45) is 5.50. The quantitative estimate of drug-likeness (QED) is 0.325. The van der Waals surface area contributed by atoms with Crippen molar-refractivity contribution in [2.45, 2.75) is 6.54 Å². The Morgan fingerprint density at radius 1 is 1.04 bits per heavy atom. The van der Waals surface area contributed by atoms with E-state index >= 15 is 0 Å². The van der Waals surface area contributed by atoms with Gasteiger partial charge in [0.25, 0.3) is 11.8 Å². The molecule has 142 valence electrons. The molecule has 1 aliphatic heterocycles. The lowest BCUT2D eigenvalue weighted by molar-refractivity contribution is -0.698. The minimum Gasteiger partial charge on any atom is -1.00 e. The highest BCUT2D eigenvalue weighted by Gasteiger charge is 2.30. The first-order chi connectivity index (χ1) is 13.1. The second kappa shape index (κ2) is 8.00. The van der Waals surface area contributed by atoms with Gasteiger partial charge in [0.15, 0.2) is 18.9 Å². The number of halogens is 1. The maximum absolute atomic E-state index is 12.4. The fraction of sp³-hybridized carbons (Fsp3) is 0.143. The van der Waals surface area contributed by atoms with Crippen LogP contribution in [-0.2, 0) is 6.54 Å². The molecule has 0 unspecified atom stereocenters. The molecule has 1 aliphatic rings. The first-order valence-electron chi connectivity index (χ1n) is 8.62. The Morgan fingerprint density at radius 3 is 2.39 bits per heavy atom. The number of aromatic nitrogens is 1. The van der Waals surface area contributed by atoms with Gasteiger partial charge in [-0.1, -0.05) is 12.1 Å². The van der Waals surface area contributed by atoms with E-state index in [0.29, 0.717) is 28.7 Å². The average molecular weight is 440 g/mol. The van der Waals surface area contributed by atoms with Crippen LogP contribution in [0.2, 0.25) is 0 Å². The molecule has 0 saturated carbocycles. The van der Waals surface area contributed by atoms with Crippen molar-refractivity contribution in [1.29, 1.82) is 0 Å². The zero-order chi connectivity index (χ0) is 19.0. The van der Waals surface area contributed by atoms with Crippen LogP contribution in [0.1, 0.15) is 26.3 Å². The lowest BCUT2D eigenvalue weighted by Gasteiger charge is -2.24. The smallest absolute Gasteiger partial charge is 0.261 e. The lowest BCUT2D eigenvalue weighted by Crippen LogP contribution is -3.00. The van der Waals surface area contributed by atoms with E-state index < -0.39 is 0 Å². The van der Waals surface area contributed by atoms with Crippen molar-refractivity contribution < 1.29 is 36.2 Å². The molecule has 0 radical (unpaired) electrons. The molecule has 0 atom stereocenters. The van der Waals surface area contributed by atoms with Gasteiger partial charge in [0, 0.05) is 52.9 Å². The lowest BCUT2D eigenvalue weighted by atomic mass is 9.93. The summed E-state index contributed by atoms with van der Waals surface area (Å²) >= 11 is 0. The van der Waals surface area contributed by atoms with Gasteiger partial charge in [0.1, 0.15) is 6.61 Å². The third-order valence-electron chi connectivity index (χ3n) is 4.72. The summed E-state index contributed by atoms with van der Waals surface area (Å²) in [4.78, 5) is 30.6. The Labute approximate surface area is 172 Å². The number of aliphatic imine (C=N–C) groups is 1. The number of carbonyl (C=O) groups excluding carboxylic acids is 2. The summed E-state index contributed by atoms with van der Waals surface area (Å²) in [5.41, 5.74) is 2.65. The molecular formula is C21H18BrN3O3. The van der Waals surface area contributed by atoms with E-state index in [1.807, 2.05) is 41.2 Å². The maximum Gasteiger partial charge on any atom is 0.261 e. The van der Waals surface area contributed by atoms with Gasteiger partial charge >= 0.3 is 0 Å². The van der Waals surface area contributed by atoms with Gasteiger partial charge in [0.05, 0.1) is 5.69 Å². The van der Waals surface area contributed by atoms with E-state index in [4.69, 9.17) is 5.11 Å². The molecule has 0 bridgehead atoms. The van der Waals surface area contributed by atoms with Crippen LogP contribution >= 0.6 is 0 Å². The maximum atomic E-state index is 12.4. The molecule has 4 rings (SSSR count). The standard InChI is InChI=1S/C21H18N3O3.BrH/c1-23-20(26)16-4-2-3-15-18(6-5-17(19(15)16)21(23)27)22-13-14-7-9-24(10-8-14)11-12-25;/h2-10,13,25H,11-12H2,1H3;1H/q+1;/p-1. The van der Waals surface area contributed by atoms with E-state index in [0.717, 1.165) is 15.8 Å². The summed E-state index contributed by atoms with van der Waals surface area (Å²) in [5.74, 6) is -0.591. The third kappa shape index (κ3) is 3.34. The van der Waals surface area contributed by atoms with E-state index in [2.05, 4.69) is 4.99 Å². The van der Waals surface area contributed by atoms with Crippen LogP contribution in [0.3, 0.4) is 0 Å². The average Bonchev–Trinajstić information content (AvgIpc) is 2.70. The number of hydrogen-bond donors (Lipinski definition) is 1. The van der Waals surface area contributed by atoms with Crippen LogP contribution in [-0.4, -0.2) is 41.7 Å². The highest BCUT2D eigenvalue weighted by molar-refractivity contribution is 6.26. The summed E-state index contributed by atoms with van der Waals surface area (Å²) in [6, 6.07) is 12.8. The molecule has 28 heavy (non-hydrogen) atoms. The minimum atomic E-state index is -0.296. The highest BCUT2D eigenvalue weighted by atomic mass is 79.9. The molecule has 7 heteroatoms. The van der Waals surface area contributed by atoms with Crippen molar-refractivity contribution in [1.82, 2.24) is 4.90 Å². The Kier molecular flexibility index (Phi) is 5.67. The summed E-state index contributed by atoms with van der Waals surface area (Å²) in [7, 11) is 1.50. The topological polar surface area (TPSA) is 73.8 Å². The summed E-state index contributed by atoms with van der Waals surface area (Å²) < 4.78 is 1.88. The molecule has 0 fully saturated rings. The normalized spacial score (nSPS) is 13.3. The van der Waals surface area contributed by atoms with Crippen LogP contribution in [0.25, 0.3) is 10.8 Å². The molecule has 0 saturated heterocycles. The number of imide groups is 1. The minimum absolute atomic E-state index is 0. The number of amides is 2. The predicted molar refractivity (Wildman–Crippen MR) is 101 cm³/mol. The predicted octanol–water partition coefficient (Wildman–Crippen LogP) is -0.900. The molecule has 0 spiro atoms. The molecular weight excluding hydrogens is 422 g/mol. The second-order valence-electron chi connectivity index (χ2n) is 6.38. The van der Waals surface area contributed by atoms with Gasteiger partial charge in [-0.05, 0) is 18.2 Å². The number of hydrogen-bond acceptors (Lipinski definition) is 4. The third-order valence-corrected chi connectivity index (χ3v) is 4.72. The fourth-order valence-electron chi connectivity index (χ4n) is 3.28. The van der Waals surface area contributed by atoms with Gasteiger partial charge in [-0.2, -0.15) is 0 Å². The molecule has 1 aromatic heterocycles. The van der Waals surface area contributed by atoms with Crippen molar-refractivity contribution in [3.63, 3.8) is 0 Å². The van der Waals surface area contributed by atoms with Gasteiger partial charge in [0.2, 0.25) is 0 Å². The fourth-order valence-corrected chi connectivity index (χ4v) is 3.28. The van der Waals surface area contributed by atoms with E-state index in [-0.39, 0.29) is 35.4 Å². The molecule has 2 heterocycles. The molecule has 3 aromatic rings. The Morgan fingerprint density at radius 2 is 1.71 bits per heavy atom. The van der Waals surface area contributed by atoms with Crippen molar-refractivity contribution in [2.24, 2.45) is 4.99 Å². The Hall–Kier alpha value is -2.90. The van der Waals surface area contributed by atoms with Crippen LogP contribution < -0.4 is 21.5 Å². The molecule has 6 nitrogen and oxygen atoms in total. The summed E-state index contributed by atoms with van der Waals surface area (Å²) in [6.45, 7) is 0.633. The van der Waals surface area contributed by atoms with Gasteiger partial charge < -0.3 is 22.1 Å². The van der Waals surface area contributed by atoms with Gasteiger partial charge in [-0.3, -0.25) is 19.5 Å². The van der Waals surface area contributed by atoms with Crippen LogP contribution in [0.4, 0.5) is 5.69 Å². The van der Waals surface area contributed by atoms with E-state index in [1.54, 1.807) is 24.4 Å². The zero-order valence-electron chi connectivity index (χ0n) is 15.2. The monoisotopic (exact) mass is 439 g/mol. The number of nitrogens with zero attached hydrogens (tertiary/aromatic N) is 3. The van der Waals surface area contributed by atoms with Crippen molar-refractivity contribution in [2.75, 3.05) is 13.7 Å². The number of aliphatic hydroxyl groups excluding tert-OH is 1. The van der Waals surface area contributed by atoms with Crippen molar-refractivity contribution in [3.05, 3.63) is 71.5 Å². The van der Waals surface area contributed by atoms with Crippen LogP contribution in [0.5, 0.6) is 0 Å². The number of pyridine rings is 1. The second-order valence-corrected chi connectivity index (χ2v) is 6.38. The van der Waals surface area contributed by atoms with Crippen LogP contribution in [0, 0.1) is 0 Å². The molecule has 2 aromatic carbocycles. The highest BCUT2D eigenvalue weighted by Crippen LogP contribution is 2.35. The number of rotatable bonds is 4. The summed E-state index contributed by atoms with van der Waals surface area (Å²) in [5, 5.41) is 10.4. The first-order valence-corrected chi connectivity index (χ1v) is 8.62. The van der Waals surface area contributed by atoms with Crippen LogP contribution in [0.15, 0.2) is 59.9 Å². The van der Waals surface area contributed by atoms with Gasteiger partial charge in [-0.15, -0.1) is 0 Å². The number of aliphatic hydroxyl groups is 1. The largest absolute Gasteiger partial charge is 1.00 e. The molecule has 0 aliphatic carbocycles. The zero-order valence-corrected chi connectivity index (χ0v) is 16.8. The van der Waals surface area contributed by atoms with E-state index in [1.165, 1.54) is 7.05 Å². The van der Waals surface area contributed by atoms with E-state index in [9.17, 15) is 9.59 Å². The SMILES string of the molecule is CN1C(=O)c2cccc3c(N=Cc4cc[n+](CCO)cc4)ccc(c23)C1=O.[Br-]. The van der Waals surface area contributed by atoms with Gasteiger partial charge in [-0.25, -0.2) is 4.57 Å². The number of carbonyl (C=O) groups is 2. The Bertz CT molecular complexity index is 1070. The van der Waals surface area contributed by atoms with Crippen molar-refractivity contribution in [3.8, 4) is 0 Å². The number of benzene rings is 2. The molecule has 1 N–H and O–H groups in total. The van der Waals surface area contributed by atoms with Crippen molar-refractivity contribution >= 4 is 34.5 Å². The Balaban J connectivity index is 0.00000225. The first kappa shape index (κ1) is 19.9.